The first kappa shape index (κ1) is 11.6. The van der Waals surface area contributed by atoms with Gasteiger partial charge >= 0.3 is 0 Å². The van der Waals surface area contributed by atoms with Crippen LogP contribution in [0.25, 0.3) is 0 Å². The first-order valence-corrected chi connectivity index (χ1v) is 5.72. The van der Waals surface area contributed by atoms with Gasteiger partial charge in [-0.3, -0.25) is 9.48 Å². The highest BCUT2D eigenvalue weighted by molar-refractivity contribution is 5.95. The molecule has 0 amide bonds. The predicted octanol–water partition coefficient (Wildman–Crippen LogP) is 1.65. The van der Waals surface area contributed by atoms with E-state index in [0.29, 0.717) is 13.0 Å². The average molecular weight is 232 g/mol. The van der Waals surface area contributed by atoms with Crippen molar-refractivity contribution in [1.29, 1.82) is 0 Å². The molecule has 0 saturated heterocycles. The van der Waals surface area contributed by atoms with Crippen LogP contribution in [-0.4, -0.2) is 25.1 Å². The molecule has 17 heavy (non-hydrogen) atoms. The lowest BCUT2D eigenvalue weighted by Gasteiger charge is -2.01. The molecule has 2 heterocycles. The van der Waals surface area contributed by atoms with Gasteiger partial charge in [-0.05, 0) is 12.5 Å². The Bertz CT molecular complexity index is 512. The highest BCUT2D eigenvalue weighted by Gasteiger charge is 2.07. The Morgan fingerprint density at radius 2 is 2.29 bits per heavy atom. The van der Waals surface area contributed by atoms with Crippen molar-refractivity contribution in [2.45, 2.75) is 26.3 Å². The van der Waals surface area contributed by atoms with Gasteiger partial charge in [0, 0.05) is 31.4 Å². The Hall–Kier alpha value is -1.91. The van der Waals surface area contributed by atoms with Gasteiger partial charge in [-0.2, -0.15) is 5.10 Å². The average Bonchev–Trinajstić information content (AvgIpc) is 2.90. The maximum atomic E-state index is 11.7. The summed E-state index contributed by atoms with van der Waals surface area (Å²) in [5.41, 5.74) is 0.772. The molecule has 5 nitrogen and oxygen atoms in total. The van der Waals surface area contributed by atoms with E-state index in [4.69, 9.17) is 0 Å². The molecule has 0 aliphatic carbocycles. The first-order chi connectivity index (χ1) is 8.20. The number of carbonyl (C=O) groups excluding carboxylic acids is 1. The number of nitrogens with zero attached hydrogens (tertiary/aromatic N) is 4. The fraction of sp³-hybridized carbons (Fsp3) is 0.417. The molecule has 2 aromatic rings. The molecule has 90 valence electrons. The molecule has 0 atom stereocenters. The van der Waals surface area contributed by atoms with E-state index in [1.165, 1.54) is 6.33 Å². The molecule has 0 fully saturated rings. The van der Waals surface area contributed by atoms with Crippen molar-refractivity contribution in [3.05, 3.63) is 36.2 Å². The molecule has 0 aliphatic heterocycles. The van der Waals surface area contributed by atoms with E-state index >= 15 is 0 Å². The molecule has 0 spiro atoms. The van der Waals surface area contributed by atoms with Crippen molar-refractivity contribution in [3.63, 3.8) is 0 Å². The van der Waals surface area contributed by atoms with Crippen LogP contribution in [0.2, 0.25) is 0 Å². The van der Waals surface area contributed by atoms with Crippen molar-refractivity contribution in [3.8, 4) is 0 Å². The summed E-state index contributed by atoms with van der Waals surface area (Å²) in [6.45, 7) is 2.64. The Labute approximate surface area is 100 Å². The highest BCUT2D eigenvalue weighted by atomic mass is 16.1. The zero-order valence-corrected chi connectivity index (χ0v) is 10.1. The molecule has 5 heteroatoms. The monoisotopic (exact) mass is 232 g/mol. The van der Waals surface area contributed by atoms with Crippen LogP contribution in [-0.2, 0) is 13.6 Å². The Morgan fingerprint density at radius 1 is 1.47 bits per heavy atom. The second kappa shape index (κ2) is 4.95. The number of rotatable bonds is 5. The van der Waals surface area contributed by atoms with Crippen molar-refractivity contribution in [2.24, 2.45) is 7.05 Å². The van der Waals surface area contributed by atoms with Crippen LogP contribution in [0.1, 0.15) is 35.9 Å². The zero-order valence-electron chi connectivity index (χ0n) is 10.1. The second-order valence-electron chi connectivity index (χ2n) is 4.05. The van der Waals surface area contributed by atoms with Gasteiger partial charge in [0.2, 0.25) is 0 Å². The molecule has 0 N–H and O–H groups in total. The minimum atomic E-state index is 0.198. The molecule has 0 radical (unpaired) electrons. The molecule has 2 rings (SSSR count). The zero-order chi connectivity index (χ0) is 12.3. The number of hydrogen-bond acceptors (Lipinski definition) is 3. The third kappa shape index (κ3) is 2.61. The summed E-state index contributed by atoms with van der Waals surface area (Å²) in [6, 6.07) is 1.86. The van der Waals surface area contributed by atoms with Gasteiger partial charge in [0.1, 0.15) is 12.2 Å². The standard InChI is InChI=1S/C12H16N4O/c1-3-4-11(17)10-5-6-16(7-10)8-12-13-9-14-15(12)2/h5-7,9H,3-4,8H2,1-2H3. The molecule has 0 bridgehead atoms. The van der Waals surface area contributed by atoms with E-state index in [0.717, 1.165) is 17.8 Å². The maximum Gasteiger partial charge on any atom is 0.164 e. The van der Waals surface area contributed by atoms with Gasteiger partial charge in [0.05, 0.1) is 6.54 Å². The number of aryl methyl sites for hydroxylation is 1. The van der Waals surface area contributed by atoms with Crippen LogP contribution in [0, 0.1) is 0 Å². The quantitative estimate of drug-likeness (QED) is 0.736. The van der Waals surface area contributed by atoms with Crippen LogP contribution in [0.15, 0.2) is 24.8 Å². The molecular formula is C12H16N4O. The Kier molecular flexibility index (Phi) is 3.37. The first-order valence-electron chi connectivity index (χ1n) is 5.72. The van der Waals surface area contributed by atoms with Crippen molar-refractivity contribution < 1.29 is 4.79 Å². The molecule has 2 aromatic heterocycles. The van der Waals surface area contributed by atoms with Crippen LogP contribution in [0.5, 0.6) is 0 Å². The Morgan fingerprint density at radius 3 is 2.94 bits per heavy atom. The number of carbonyl (C=O) groups is 1. The van der Waals surface area contributed by atoms with Crippen molar-refractivity contribution >= 4 is 5.78 Å². The smallest absolute Gasteiger partial charge is 0.164 e. The van der Waals surface area contributed by atoms with E-state index in [2.05, 4.69) is 10.1 Å². The third-order valence-electron chi connectivity index (χ3n) is 2.68. The van der Waals surface area contributed by atoms with Gasteiger partial charge in [0.25, 0.3) is 0 Å². The Balaban J connectivity index is 2.09. The van der Waals surface area contributed by atoms with E-state index in [1.807, 2.05) is 37.0 Å². The summed E-state index contributed by atoms with van der Waals surface area (Å²) in [5.74, 6) is 1.07. The third-order valence-corrected chi connectivity index (χ3v) is 2.68. The van der Waals surface area contributed by atoms with Crippen molar-refractivity contribution in [1.82, 2.24) is 19.3 Å². The predicted molar refractivity (Wildman–Crippen MR) is 63.8 cm³/mol. The summed E-state index contributed by atoms with van der Waals surface area (Å²) < 4.78 is 3.68. The lowest BCUT2D eigenvalue weighted by molar-refractivity contribution is 0.0981. The number of Topliss-reactive ketones (excluding diaryl/α,β-unsaturated/α-hetero) is 1. The lowest BCUT2D eigenvalue weighted by Crippen LogP contribution is -2.05. The summed E-state index contributed by atoms with van der Waals surface area (Å²) in [7, 11) is 1.86. The fourth-order valence-electron chi connectivity index (χ4n) is 1.70. The number of hydrogen-bond donors (Lipinski definition) is 0. The van der Waals surface area contributed by atoms with E-state index in [-0.39, 0.29) is 5.78 Å². The fourth-order valence-corrected chi connectivity index (χ4v) is 1.70. The largest absolute Gasteiger partial charge is 0.346 e. The second-order valence-corrected chi connectivity index (χ2v) is 4.05. The molecule has 0 saturated carbocycles. The topological polar surface area (TPSA) is 52.7 Å². The molecule has 0 aliphatic rings. The molecular weight excluding hydrogens is 216 g/mol. The summed E-state index contributed by atoms with van der Waals surface area (Å²) >= 11 is 0. The van der Waals surface area contributed by atoms with Gasteiger partial charge in [0.15, 0.2) is 5.78 Å². The molecule has 0 aromatic carbocycles. The minimum Gasteiger partial charge on any atom is -0.346 e. The van der Waals surface area contributed by atoms with Gasteiger partial charge in [-0.15, -0.1) is 0 Å². The van der Waals surface area contributed by atoms with E-state index < -0.39 is 0 Å². The normalized spacial score (nSPS) is 10.7. The van der Waals surface area contributed by atoms with Crippen LogP contribution < -0.4 is 0 Å². The summed E-state index contributed by atoms with van der Waals surface area (Å²) in [6.07, 6.45) is 6.79. The van der Waals surface area contributed by atoms with Gasteiger partial charge in [-0.1, -0.05) is 6.92 Å². The SMILES string of the molecule is CCCC(=O)c1ccn(Cc2ncnn2C)c1. The van der Waals surface area contributed by atoms with E-state index in [9.17, 15) is 4.79 Å². The number of ketones is 1. The van der Waals surface area contributed by atoms with Gasteiger partial charge in [-0.25, -0.2) is 4.98 Å². The van der Waals surface area contributed by atoms with E-state index in [1.54, 1.807) is 4.68 Å². The number of aromatic nitrogens is 4. The van der Waals surface area contributed by atoms with Crippen LogP contribution in [0.4, 0.5) is 0 Å². The maximum absolute atomic E-state index is 11.7. The van der Waals surface area contributed by atoms with Crippen LogP contribution >= 0.6 is 0 Å². The van der Waals surface area contributed by atoms with Gasteiger partial charge < -0.3 is 4.57 Å². The summed E-state index contributed by atoms with van der Waals surface area (Å²) in [4.78, 5) is 15.8. The molecule has 0 unspecified atom stereocenters. The van der Waals surface area contributed by atoms with Crippen LogP contribution in [0.3, 0.4) is 0 Å². The lowest BCUT2D eigenvalue weighted by atomic mass is 10.1. The highest BCUT2D eigenvalue weighted by Crippen LogP contribution is 2.08. The van der Waals surface area contributed by atoms with Crippen molar-refractivity contribution in [2.75, 3.05) is 0 Å². The summed E-state index contributed by atoms with van der Waals surface area (Å²) in [5, 5.41) is 4.01. The minimum absolute atomic E-state index is 0.198.